The number of fused-ring (bicyclic) bond motifs is 1. The molecular weight excluding hydrogens is 371 g/mol. The van der Waals surface area contributed by atoms with Crippen LogP contribution in [-0.2, 0) is 17.5 Å². The van der Waals surface area contributed by atoms with E-state index in [0.717, 1.165) is 23.0 Å². The molecule has 5 nitrogen and oxygen atoms in total. The van der Waals surface area contributed by atoms with Gasteiger partial charge in [-0.15, -0.1) is 0 Å². The molecule has 3 rings (SSSR count). The summed E-state index contributed by atoms with van der Waals surface area (Å²) in [6.07, 6.45) is -3.45. The lowest BCUT2D eigenvalue weighted by Crippen LogP contribution is -2.28. The lowest BCUT2D eigenvalue weighted by molar-refractivity contribution is -0.137. The molecule has 9 heteroatoms. The predicted octanol–water partition coefficient (Wildman–Crippen LogP) is 3.71. The Kier molecular flexibility index (Phi) is 4.69. The average molecular weight is 382 g/mol. The number of nitrogens with zero attached hydrogens (tertiary/aromatic N) is 2. The number of carbonyl (C=O) groups excluding carboxylic acids is 1. The average Bonchev–Trinajstić information content (AvgIpc) is 2.57. The number of halogens is 4. The van der Waals surface area contributed by atoms with E-state index < -0.39 is 29.8 Å². The number of hydrogen-bond acceptors (Lipinski definition) is 3. The fraction of sp³-hybridized carbons (Fsp3) is 0.118. The highest BCUT2D eigenvalue weighted by Crippen LogP contribution is 2.34. The number of carbonyl (C=O) groups is 1. The number of para-hydroxylation sites is 1. The van der Waals surface area contributed by atoms with Crippen molar-refractivity contribution < 1.29 is 18.0 Å². The van der Waals surface area contributed by atoms with Gasteiger partial charge >= 0.3 is 6.18 Å². The number of anilines is 1. The highest BCUT2D eigenvalue weighted by Gasteiger charge is 2.33. The molecule has 2 aromatic carbocycles. The van der Waals surface area contributed by atoms with E-state index in [0.29, 0.717) is 10.5 Å². The first-order valence-corrected chi connectivity index (χ1v) is 7.74. The van der Waals surface area contributed by atoms with Crippen LogP contribution in [0.15, 0.2) is 53.6 Å². The van der Waals surface area contributed by atoms with E-state index in [9.17, 15) is 22.8 Å². The van der Waals surface area contributed by atoms with Gasteiger partial charge in [-0.3, -0.25) is 14.2 Å². The van der Waals surface area contributed by atoms with Crippen molar-refractivity contribution in [2.75, 3.05) is 5.32 Å². The molecular formula is C17H11ClF3N3O2. The first-order valence-electron chi connectivity index (χ1n) is 7.36. The maximum atomic E-state index is 13.0. The van der Waals surface area contributed by atoms with Gasteiger partial charge in [-0.25, -0.2) is 4.98 Å². The molecule has 0 spiro atoms. The standard InChI is InChI=1S/C17H11ClF3N3O2/c18-10-5-6-13-11(7-10)16(26)24(9-22-13)8-15(25)23-14-4-2-1-3-12(14)17(19,20)21/h1-7,9H,8H2,(H,23,25). The number of rotatable bonds is 3. The van der Waals surface area contributed by atoms with Crippen molar-refractivity contribution >= 4 is 34.1 Å². The molecule has 0 atom stereocenters. The Bertz CT molecular complexity index is 1050. The monoisotopic (exact) mass is 381 g/mol. The Balaban J connectivity index is 1.87. The van der Waals surface area contributed by atoms with Crippen molar-refractivity contribution in [2.45, 2.75) is 12.7 Å². The van der Waals surface area contributed by atoms with Crippen molar-refractivity contribution in [1.82, 2.24) is 9.55 Å². The van der Waals surface area contributed by atoms with Crippen molar-refractivity contribution in [3.63, 3.8) is 0 Å². The molecule has 0 unspecified atom stereocenters. The van der Waals surface area contributed by atoms with Crippen LogP contribution < -0.4 is 10.9 Å². The maximum absolute atomic E-state index is 13.0. The van der Waals surface area contributed by atoms with Crippen molar-refractivity contribution in [2.24, 2.45) is 0 Å². The van der Waals surface area contributed by atoms with Crippen LogP contribution in [0.4, 0.5) is 18.9 Å². The van der Waals surface area contributed by atoms with Gasteiger partial charge in [0.2, 0.25) is 5.91 Å². The van der Waals surface area contributed by atoms with Gasteiger partial charge < -0.3 is 5.32 Å². The molecule has 0 radical (unpaired) electrons. The van der Waals surface area contributed by atoms with Gasteiger partial charge in [-0.2, -0.15) is 13.2 Å². The molecule has 134 valence electrons. The van der Waals surface area contributed by atoms with Crippen LogP contribution in [-0.4, -0.2) is 15.5 Å². The van der Waals surface area contributed by atoms with E-state index in [1.54, 1.807) is 12.1 Å². The SMILES string of the molecule is O=C(Cn1cnc2ccc(Cl)cc2c1=O)Nc1ccccc1C(F)(F)F. The van der Waals surface area contributed by atoms with Crippen LogP contribution >= 0.6 is 11.6 Å². The molecule has 1 N–H and O–H groups in total. The minimum absolute atomic E-state index is 0.212. The van der Waals surface area contributed by atoms with Crippen molar-refractivity contribution in [3.05, 3.63) is 69.7 Å². The van der Waals surface area contributed by atoms with Gasteiger partial charge in [0.1, 0.15) is 6.54 Å². The molecule has 0 saturated carbocycles. The highest BCUT2D eigenvalue weighted by molar-refractivity contribution is 6.31. The minimum atomic E-state index is -4.61. The molecule has 0 fully saturated rings. The topological polar surface area (TPSA) is 64.0 Å². The normalized spacial score (nSPS) is 11.5. The van der Waals surface area contributed by atoms with Crippen LogP contribution in [0.5, 0.6) is 0 Å². The first-order chi connectivity index (χ1) is 12.3. The van der Waals surface area contributed by atoms with Gasteiger partial charge in [-0.1, -0.05) is 23.7 Å². The second kappa shape index (κ2) is 6.80. The number of hydrogen-bond donors (Lipinski definition) is 1. The summed E-state index contributed by atoms with van der Waals surface area (Å²) in [5.74, 6) is -0.785. The summed E-state index contributed by atoms with van der Waals surface area (Å²) in [5.41, 5.74) is -1.46. The molecule has 0 bridgehead atoms. The quantitative estimate of drug-likeness (QED) is 0.752. The predicted molar refractivity (Wildman–Crippen MR) is 91.1 cm³/mol. The maximum Gasteiger partial charge on any atom is 0.418 e. The van der Waals surface area contributed by atoms with Gasteiger partial charge in [0.25, 0.3) is 5.56 Å². The summed E-state index contributed by atoms with van der Waals surface area (Å²) in [6.45, 7) is -0.486. The molecule has 0 aliphatic carbocycles. The third-order valence-electron chi connectivity index (χ3n) is 3.61. The van der Waals surface area contributed by atoms with Gasteiger partial charge in [0.15, 0.2) is 0 Å². The van der Waals surface area contributed by atoms with Gasteiger partial charge in [0, 0.05) is 5.02 Å². The summed E-state index contributed by atoms with van der Waals surface area (Å²) in [4.78, 5) is 28.6. The van der Waals surface area contributed by atoms with E-state index in [-0.39, 0.29) is 11.1 Å². The summed E-state index contributed by atoms with van der Waals surface area (Å²) in [7, 11) is 0. The smallest absolute Gasteiger partial charge is 0.324 e. The van der Waals surface area contributed by atoms with E-state index in [1.807, 2.05) is 0 Å². The zero-order valence-corrected chi connectivity index (χ0v) is 13.8. The lowest BCUT2D eigenvalue weighted by Gasteiger charge is -2.14. The van der Waals surface area contributed by atoms with E-state index >= 15 is 0 Å². The fourth-order valence-electron chi connectivity index (χ4n) is 2.43. The summed E-state index contributed by atoms with van der Waals surface area (Å²) in [6, 6.07) is 9.14. The molecule has 3 aromatic rings. The van der Waals surface area contributed by atoms with Crippen molar-refractivity contribution in [3.8, 4) is 0 Å². The van der Waals surface area contributed by atoms with E-state index in [4.69, 9.17) is 11.6 Å². The number of aromatic nitrogens is 2. The molecule has 0 aliphatic rings. The molecule has 26 heavy (non-hydrogen) atoms. The number of benzene rings is 2. The molecule has 1 heterocycles. The van der Waals surface area contributed by atoms with Crippen LogP contribution in [0.1, 0.15) is 5.56 Å². The minimum Gasteiger partial charge on any atom is -0.324 e. The number of nitrogens with one attached hydrogen (secondary N) is 1. The molecule has 0 aliphatic heterocycles. The first kappa shape index (κ1) is 17.9. The lowest BCUT2D eigenvalue weighted by atomic mass is 10.1. The largest absolute Gasteiger partial charge is 0.418 e. The Morgan fingerprint density at radius 2 is 1.92 bits per heavy atom. The Hall–Kier alpha value is -2.87. The third kappa shape index (κ3) is 3.70. The zero-order chi connectivity index (χ0) is 18.9. The zero-order valence-electron chi connectivity index (χ0n) is 13.0. The summed E-state index contributed by atoms with van der Waals surface area (Å²) < 4.78 is 39.9. The Labute approximate surface area is 150 Å². The van der Waals surface area contributed by atoms with E-state index in [2.05, 4.69) is 10.3 Å². The third-order valence-corrected chi connectivity index (χ3v) is 3.84. The van der Waals surface area contributed by atoms with Crippen LogP contribution in [0.25, 0.3) is 10.9 Å². The second-order valence-electron chi connectivity index (χ2n) is 5.43. The summed E-state index contributed by atoms with van der Waals surface area (Å²) in [5, 5.41) is 2.72. The number of amides is 1. The highest BCUT2D eigenvalue weighted by atomic mass is 35.5. The Morgan fingerprint density at radius 1 is 1.19 bits per heavy atom. The molecule has 0 saturated heterocycles. The summed E-state index contributed by atoms with van der Waals surface area (Å²) >= 11 is 5.85. The van der Waals surface area contributed by atoms with Crippen LogP contribution in [0.3, 0.4) is 0 Å². The van der Waals surface area contributed by atoms with Crippen LogP contribution in [0, 0.1) is 0 Å². The van der Waals surface area contributed by atoms with Gasteiger partial charge in [0.05, 0.1) is 28.5 Å². The molecule has 1 aromatic heterocycles. The Morgan fingerprint density at radius 3 is 2.65 bits per heavy atom. The van der Waals surface area contributed by atoms with Crippen LogP contribution in [0.2, 0.25) is 5.02 Å². The number of alkyl halides is 3. The molecule has 1 amide bonds. The second-order valence-corrected chi connectivity index (χ2v) is 5.87. The fourth-order valence-corrected chi connectivity index (χ4v) is 2.60. The van der Waals surface area contributed by atoms with Gasteiger partial charge in [-0.05, 0) is 30.3 Å². The van der Waals surface area contributed by atoms with Crippen molar-refractivity contribution in [1.29, 1.82) is 0 Å². The van der Waals surface area contributed by atoms with E-state index in [1.165, 1.54) is 18.2 Å².